The summed E-state index contributed by atoms with van der Waals surface area (Å²) in [5, 5.41) is 17.7. The fourth-order valence-electron chi connectivity index (χ4n) is 1.20. The third-order valence-corrected chi connectivity index (χ3v) is 1.86. The summed E-state index contributed by atoms with van der Waals surface area (Å²) in [7, 11) is 0. The smallest absolute Gasteiger partial charge is 0.354 e. The van der Waals surface area contributed by atoms with E-state index in [0.29, 0.717) is 11.3 Å². The zero-order valence-electron chi connectivity index (χ0n) is 6.89. The summed E-state index contributed by atoms with van der Waals surface area (Å²) in [6.07, 6.45) is 3.60. The minimum absolute atomic E-state index is 0.134. The minimum atomic E-state index is -1.16. The first-order chi connectivity index (χ1) is 6.58. The maximum atomic E-state index is 11.0. The van der Waals surface area contributed by atoms with Crippen molar-refractivity contribution in [1.29, 1.82) is 0 Å². The number of carboxylic acid groups (broad SMARTS) is 1. The van der Waals surface area contributed by atoms with Crippen LogP contribution in [0.25, 0.3) is 0 Å². The Hall–Kier alpha value is -2.17. The summed E-state index contributed by atoms with van der Waals surface area (Å²) in [4.78, 5) is 25.2. The van der Waals surface area contributed by atoms with Crippen LogP contribution in [0.1, 0.15) is 0 Å². The van der Waals surface area contributed by atoms with Gasteiger partial charge in [0, 0.05) is 11.6 Å². The topological polar surface area (TPSA) is 87.0 Å². The predicted molar refractivity (Wildman–Crippen MR) is 47.0 cm³/mol. The molecule has 0 bridgehead atoms. The van der Waals surface area contributed by atoms with Gasteiger partial charge in [-0.25, -0.2) is 9.79 Å². The van der Waals surface area contributed by atoms with Crippen LogP contribution < -0.4 is 0 Å². The lowest BCUT2D eigenvalue weighted by atomic mass is 10.0. The lowest BCUT2D eigenvalue weighted by molar-refractivity contribution is -0.132. The first-order valence-electron chi connectivity index (χ1n) is 3.78. The molecular weight excluding hydrogens is 186 g/mol. The van der Waals surface area contributed by atoms with Crippen LogP contribution in [0.5, 0.6) is 0 Å². The Morgan fingerprint density at radius 1 is 1.29 bits per heavy atom. The molecule has 0 aromatic rings. The van der Waals surface area contributed by atoms with Crippen LogP contribution in [0, 0.1) is 0 Å². The molecule has 2 N–H and O–H groups in total. The largest absolute Gasteiger partial charge is 0.504 e. The second-order valence-corrected chi connectivity index (χ2v) is 2.83. The predicted octanol–water partition coefficient (Wildman–Crippen LogP) is 0.361. The van der Waals surface area contributed by atoms with Crippen molar-refractivity contribution < 1.29 is 19.8 Å². The quantitative estimate of drug-likeness (QED) is 0.586. The number of fused-ring (bicyclic) bond motifs is 1. The van der Waals surface area contributed by atoms with Gasteiger partial charge in [-0.05, 0) is 12.2 Å². The van der Waals surface area contributed by atoms with Crippen LogP contribution >= 0.6 is 0 Å². The fourth-order valence-corrected chi connectivity index (χ4v) is 1.20. The molecule has 1 heterocycles. The van der Waals surface area contributed by atoms with Gasteiger partial charge < -0.3 is 10.2 Å². The zero-order chi connectivity index (χ0) is 10.3. The number of aliphatic hydroxyl groups is 1. The van der Waals surface area contributed by atoms with E-state index >= 15 is 0 Å². The number of nitrogens with zero attached hydrogens (tertiary/aromatic N) is 1. The second-order valence-electron chi connectivity index (χ2n) is 2.83. The molecule has 2 aliphatic rings. The maximum Gasteiger partial charge on any atom is 0.354 e. The van der Waals surface area contributed by atoms with Crippen molar-refractivity contribution >= 4 is 17.5 Å². The molecule has 1 aliphatic heterocycles. The molecule has 0 aromatic heterocycles. The maximum absolute atomic E-state index is 11.0. The van der Waals surface area contributed by atoms with E-state index < -0.39 is 17.5 Å². The summed E-state index contributed by atoms with van der Waals surface area (Å²) < 4.78 is 0. The van der Waals surface area contributed by atoms with Gasteiger partial charge in [-0.3, -0.25) is 4.79 Å². The normalized spacial score (nSPS) is 19.3. The molecule has 0 unspecified atom stereocenters. The van der Waals surface area contributed by atoms with Crippen molar-refractivity contribution in [3.8, 4) is 0 Å². The van der Waals surface area contributed by atoms with Crippen molar-refractivity contribution in [3.63, 3.8) is 0 Å². The van der Waals surface area contributed by atoms with Crippen LogP contribution in [0.4, 0.5) is 0 Å². The molecule has 14 heavy (non-hydrogen) atoms. The van der Waals surface area contributed by atoms with Gasteiger partial charge in [-0.1, -0.05) is 0 Å². The van der Waals surface area contributed by atoms with Gasteiger partial charge in [0.15, 0.2) is 5.76 Å². The number of carbonyl (C=O) groups excluding carboxylic acids is 1. The average molecular weight is 191 g/mol. The molecule has 0 spiro atoms. The molecule has 0 saturated carbocycles. The third-order valence-electron chi connectivity index (χ3n) is 1.86. The fraction of sp³-hybridized carbons (Fsp3) is 0. The van der Waals surface area contributed by atoms with E-state index in [0.717, 1.165) is 12.2 Å². The Bertz CT molecular complexity index is 465. The molecule has 1 aliphatic carbocycles. The standard InChI is InChI=1S/C9H5NO4/c11-7-2-4-1-6(9(13)14)10-5(4)3-8(7)12/h1-3,12H,(H,13,14). The van der Waals surface area contributed by atoms with E-state index in [2.05, 4.69) is 4.99 Å². The van der Waals surface area contributed by atoms with E-state index in [1.165, 1.54) is 6.08 Å². The van der Waals surface area contributed by atoms with Crippen LogP contribution in [-0.4, -0.2) is 27.7 Å². The highest BCUT2D eigenvalue weighted by atomic mass is 16.4. The van der Waals surface area contributed by atoms with Crippen LogP contribution in [0.2, 0.25) is 0 Å². The molecule has 0 fully saturated rings. The van der Waals surface area contributed by atoms with Gasteiger partial charge in [0.25, 0.3) is 0 Å². The molecule has 70 valence electrons. The number of hydrogen-bond acceptors (Lipinski definition) is 4. The van der Waals surface area contributed by atoms with Crippen LogP contribution in [-0.2, 0) is 9.59 Å². The zero-order valence-corrected chi connectivity index (χ0v) is 6.89. The van der Waals surface area contributed by atoms with Gasteiger partial charge >= 0.3 is 5.97 Å². The van der Waals surface area contributed by atoms with Crippen molar-refractivity contribution in [1.82, 2.24) is 0 Å². The van der Waals surface area contributed by atoms with Crippen molar-refractivity contribution in [2.45, 2.75) is 0 Å². The Kier molecular flexibility index (Phi) is 1.60. The van der Waals surface area contributed by atoms with E-state index in [1.54, 1.807) is 0 Å². The molecule has 5 heteroatoms. The summed E-state index contributed by atoms with van der Waals surface area (Å²) in [5.41, 5.74) is 0.592. The second kappa shape index (κ2) is 2.66. The highest BCUT2D eigenvalue weighted by Crippen LogP contribution is 2.21. The number of ketones is 1. The number of carbonyl (C=O) groups is 2. The van der Waals surface area contributed by atoms with Gasteiger partial charge in [-0.2, -0.15) is 0 Å². The van der Waals surface area contributed by atoms with E-state index in [4.69, 9.17) is 10.2 Å². The first-order valence-corrected chi connectivity index (χ1v) is 3.78. The van der Waals surface area contributed by atoms with Gasteiger partial charge in [0.2, 0.25) is 5.78 Å². The highest BCUT2D eigenvalue weighted by Gasteiger charge is 2.23. The summed E-state index contributed by atoms with van der Waals surface area (Å²) in [5.74, 6) is -2.12. The number of allylic oxidation sites excluding steroid dienone is 4. The Labute approximate surface area is 78.4 Å². The minimum Gasteiger partial charge on any atom is -0.504 e. The van der Waals surface area contributed by atoms with Crippen LogP contribution in [0.15, 0.2) is 40.2 Å². The molecule has 0 saturated heterocycles. The SMILES string of the molecule is O=C(O)C1=CC2=CC(=O)C(O)=CC2=N1. The number of hydrogen-bond donors (Lipinski definition) is 2. The number of aliphatic imine (C=N–C) groups is 1. The number of aliphatic hydroxyl groups excluding tert-OH is 1. The van der Waals surface area contributed by atoms with Crippen molar-refractivity contribution in [3.05, 3.63) is 35.3 Å². The van der Waals surface area contributed by atoms with E-state index in [1.807, 2.05) is 0 Å². The molecule has 0 aromatic carbocycles. The molecule has 2 rings (SSSR count). The van der Waals surface area contributed by atoms with E-state index in [-0.39, 0.29) is 5.70 Å². The summed E-state index contributed by atoms with van der Waals surface area (Å²) >= 11 is 0. The number of rotatable bonds is 1. The number of carboxylic acids is 1. The number of aliphatic carboxylic acids is 1. The first kappa shape index (κ1) is 8.43. The van der Waals surface area contributed by atoms with Crippen molar-refractivity contribution in [2.75, 3.05) is 0 Å². The van der Waals surface area contributed by atoms with Crippen LogP contribution in [0.3, 0.4) is 0 Å². The Morgan fingerprint density at radius 3 is 2.64 bits per heavy atom. The lowest BCUT2D eigenvalue weighted by Crippen LogP contribution is -2.09. The van der Waals surface area contributed by atoms with Crippen molar-refractivity contribution in [2.24, 2.45) is 4.99 Å². The summed E-state index contributed by atoms with van der Waals surface area (Å²) in [6, 6.07) is 0. The Balaban J connectivity index is 2.47. The average Bonchev–Trinajstić information content (AvgIpc) is 2.48. The lowest BCUT2D eigenvalue weighted by Gasteiger charge is -2.03. The van der Waals surface area contributed by atoms with Gasteiger partial charge in [-0.15, -0.1) is 0 Å². The molecular formula is C9H5NO4. The Morgan fingerprint density at radius 2 is 2.00 bits per heavy atom. The molecule has 0 radical (unpaired) electrons. The molecule has 5 nitrogen and oxygen atoms in total. The summed E-state index contributed by atoms with van der Waals surface area (Å²) in [6.45, 7) is 0. The third kappa shape index (κ3) is 1.15. The van der Waals surface area contributed by atoms with E-state index in [9.17, 15) is 9.59 Å². The van der Waals surface area contributed by atoms with Gasteiger partial charge in [0.05, 0.1) is 5.71 Å². The van der Waals surface area contributed by atoms with Gasteiger partial charge in [0.1, 0.15) is 5.70 Å². The monoisotopic (exact) mass is 191 g/mol. The molecule has 0 amide bonds. The highest BCUT2D eigenvalue weighted by molar-refractivity contribution is 6.25. The molecule has 0 atom stereocenters.